The van der Waals surface area contributed by atoms with Crippen molar-refractivity contribution in [3.05, 3.63) is 29.3 Å². The van der Waals surface area contributed by atoms with Crippen LogP contribution in [-0.4, -0.2) is 37.9 Å². The summed E-state index contributed by atoms with van der Waals surface area (Å²) in [5.41, 5.74) is 9.09. The van der Waals surface area contributed by atoms with E-state index in [2.05, 4.69) is 42.3 Å². The Morgan fingerprint density at radius 1 is 1.35 bits per heavy atom. The number of carbonyl (C=O) groups is 1. The number of ether oxygens (including phenoxy) is 1. The number of carbonyl (C=O) groups excluding carboxylic acids is 1. The predicted octanol–water partition coefficient (Wildman–Crippen LogP) is 2.98. The zero-order valence-electron chi connectivity index (χ0n) is 15.3. The van der Waals surface area contributed by atoms with Gasteiger partial charge >= 0.3 is 6.09 Å². The maximum absolute atomic E-state index is 11.7. The highest BCUT2D eigenvalue weighted by atomic mass is 16.6. The number of likely N-dealkylation sites (N-methyl/N-ethyl adjacent to an activating group) is 1. The molecule has 0 heterocycles. The van der Waals surface area contributed by atoms with Gasteiger partial charge in [0.05, 0.1) is 0 Å². The highest BCUT2D eigenvalue weighted by Crippen LogP contribution is 2.22. The maximum atomic E-state index is 11.7. The third kappa shape index (κ3) is 6.48. The standard InChI is InChI=1S/C18H31N3O2/c1-13-7-8-16(14(2)11-13)21(6)15(12-19)9-10-20-17(22)23-18(3,4)5/h7-8,11,15H,9-10,12,19H2,1-6H3,(H,20,22). The van der Waals surface area contributed by atoms with E-state index in [1.807, 2.05) is 27.8 Å². The summed E-state index contributed by atoms with van der Waals surface area (Å²) in [5, 5.41) is 2.79. The van der Waals surface area contributed by atoms with Crippen LogP contribution in [-0.2, 0) is 4.74 Å². The Morgan fingerprint density at radius 2 is 2.00 bits per heavy atom. The van der Waals surface area contributed by atoms with E-state index < -0.39 is 5.60 Å². The smallest absolute Gasteiger partial charge is 0.407 e. The number of hydrogen-bond acceptors (Lipinski definition) is 4. The first kappa shape index (κ1) is 19.3. The van der Waals surface area contributed by atoms with Gasteiger partial charge in [-0.25, -0.2) is 4.79 Å². The van der Waals surface area contributed by atoms with Crippen LogP contribution in [0.1, 0.15) is 38.3 Å². The molecule has 1 aromatic rings. The van der Waals surface area contributed by atoms with Crippen LogP contribution in [0.5, 0.6) is 0 Å². The summed E-state index contributed by atoms with van der Waals surface area (Å²) in [5.74, 6) is 0. The maximum Gasteiger partial charge on any atom is 0.407 e. The molecule has 130 valence electrons. The molecule has 5 heteroatoms. The summed E-state index contributed by atoms with van der Waals surface area (Å²) in [7, 11) is 2.04. The van der Waals surface area contributed by atoms with Crippen LogP contribution in [0.3, 0.4) is 0 Å². The normalized spacial score (nSPS) is 12.7. The highest BCUT2D eigenvalue weighted by Gasteiger charge is 2.18. The minimum atomic E-state index is -0.479. The van der Waals surface area contributed by atoms with Crippen LogP contribution < -0.4 is 16.0 Å². The number of nitrogens with zero attached hydrogens (tertiary/aromatic N) is 1. The summed E-state index contributed by atoms with van der Waals surface area (Å²) in [6.45, 7) is 10.8. The molecule has 1 aromatic carbocycles. The number of aryl methyl sites for hydroxylation is 2. The Balaban J connectivity index is 2.58. The molecular formula is C18H31N3O2. The van der Waals surface area contributed by atoms with Crippen LogP contribution in [0.4, 0.5) is 10.5 Å². The number of hydrogen-bond donors (Lipinski definition) is 2. The van der Waals surface area contributed by atoms with Gasteiger partial charge in [0.2, 0.25) is 0 Å². The lowest BCUT2D eigenvalue weighted by Crippen LogP contribution is -2.41. The molecule has 0 spiro atoms. The number of anilines is 1. The van der Waals surface area contributed by atoms with E-state index >= 15 is 0 Å². The molecular weight excluding hydrogens is 290 g/mol. The van der Waals surface area contributed by atoms with Gasteiger partial charge in [-0.1, -0.05) is 17.7 Å². The molecule has 0 saturated carbocycles. The third-order valence-electron chi connectivity index (χ3n) is 3.70. The number of alkyl carbamates (subject to hydrolysis) is 1. The Kier molecular flexibility index (Phi) is 6.88. The second-order valence-corrected chi connectivity index (χ2v) is 7.01. The van der Waals surface area contributed by atoms with Crippen molar-refractivity contribution in [3.8, 4) is 0 Å². The number of nitrogens with one attached hydrogen (secondary N) is 1. The molecule has 1 rings (SSSR count). The summed E-state index contributed by atoms with van der Waals surface area (Å²) in [6, 6.07) is 6.55. The topological polar surface area (TPSA) is 67.6 Å². The Bertz CT molecular complexity index is 523. The van der Waals surface area contributed by atoms with Crippen molar-refractivity contribution < 1.29 is 9.53 Å². The minimum Gasteiger partial charge on any atom is -0.444 e. The molecule has 0 aliphatic heterocycles. The minimum absolute atomic E-state index is 0.159. The van der Waals surface area contributed by atoms with Gasteiger partial charge in [-0.15, -0.1) is 0 Å². The van der Waals surface area contributed by atoms with E-state index in [0.717, 1.165) is 6.42 Å². The highest BCUT2D eigenvalue weighted by molar-refractivity contribution is 5.67. The molecule has 1 unspecified atom stereocenters. The molecule has 23 heavy (non-hydrogen) atoms. The molecule has 5 nitrogen and oxygen atoms in total. The van der Waals surface area contributed by atoms with Gasteiger partial charge in [0.25, 0.3) is 0 Å². The summed E-state index contributed by atoms with van der Waals surface area (Å²) in [6.07, 6.45) is 0.377. The zero-order valence-corrected chi connectivity index (χ0v) is 15.3. The quantitative estimate of drug-likeness (QED) is 0.845. The van der Waals surface area contributed by atoms with E-state index in [1.54, 1.807) is 0 Å². The fourth-order valence-electron chi connectivity index (χ4n) is 2.52. The Morgan fingerprint density at radius 3 is 2.52 bits per heavy atom. The average molecular weight is 321 g/mol. The molecule has 0 radical (unpaired) electrons. The van der Waals surface area contributed by atoms with Gasteiger partial charge < -0.3 is 20.7 Å². The van der Waals surface area contributed by atoms with E-state index in [9.17, 15) is 4.79 Å². The van der Waals surface area contributed by atoms with Crippen LogP contribution in [0, 0.1) is 13.8 Å². The zero-order chi connectivity index (χ0) is 17.6. The lowest BCUT2D eigenvalue weighted by molar-refractivity contribution is 0.0526. The van der Waals surface area contributed by atoms with Gasteiger partial charge in [-0.3, -0.25) is 0 Å². The molecule has 0 bridgehead atoms. The predicted molar refractivity (Wildman–Crippen MR) is 96.0 cm³/mol. The summed E-state index contributed by atoms with van der Waals surface area (Å²) < 4.78 is 5.24. The van der Waals surface area contributed by atoms with Crippen molar-refractivity contribution in [2.24, 2.45) is 5.73 Å². The van der Waals surface area contributed by atoms with Gasteiger partial charge in [0.15, 0.2) is 0 Å². The van der Waals surface area contributed by atoms with Gasteiger partial charge in [0, 0.05) is 31.9 Å². The van der Waals surface area contributed by atoms with Crippen molar-refractivity contribution in [2.75, 3.05) is 25.0 Å². The van der Waals surface area contributed by atoms with Crippen LogP contribution >= 0.6 is 0 Å². The van der Waals surface area contributed by atoms with E-state index in [4.69, 9.17) is 10.5 Å². The van der Waals surface area contributed by atoms with E-state index in [0.29, 0.717) is 13.1 Å². The largest absolute Gasteiger partial charge is 0.444 e. The average Bonchev–Trinajstić information content (AvgIpc) is 2.41. The lowest BCUT2D eigenvalue weighted by Gasteiger charge is -2.31. The lowest BCUT2D eigenvalue weighted by atomic mass is 10.1. The first-order chi connectivity index (χ1) is 10.6. The monoisotopic (exact) mass is 321 g/mol. The number of benzene rings is 1. The fourth-order valence-corrected chi connectivity index (χ4v) is 2.52. The Hall–Kier alpha value is -1.75. The van der Waals surface area contributed by atoms with Gasteiger partial charge in [-0.2, -0.15) is 0 Å². The van der Waals surface area contributed by atoms with Crippen molar-refractivity contribution in [3.63, 3.8) is 0 Å². The van der Waals surface area contributed by atoms with Gasteiger partial charge in [0.1, 0.15) is 5.60 Å². The molecule has 0 fully saturated rings. The molecule has 3 N–H and O–H groups in total. The van der Waals surface area contributed by atoms with Crippen molar-refractivity contribution in [2.45, 2.75) is 52.7 Å². The number of amides is 1. The van der Waals surface area contributed by atoms with Gasteiger partial charge in [-0.05, 0) is 52.7 Å². The molecule has 0 aliphatic rings. The number of rotatable bonds is 6. The SMILES string of the molecule is Cc1ccc(N(C)C(CN)CCNC(=O)OC(C)(C)C)c(C)c1. The van der Waals surface area contributed by atoms with Crippen LogP contribution in [0.25, 0.3) is 0 Å². The molecule has 0 aromatic heterocycles. The fraction of sp³-hybridized carbons (Fsp3) is 0.611. The van der Waals surface area contributed by atoms with E-state index in [-0.39, 0.29) is 12.1 Å². The number of nitrogens with two attached hydrogens (primary N) is 1. The van der Waals surface area contributed by atoms with E-state index in [1.165, 1.54) is 16.8 Å². The van der Waals surface area contributed by atoms with Crippen LogP contribution in [0.15, 0.2) is 18.2 Å². The third-order valence-corrected chi connectivity index (χ3v) is 3.70. The van der Waals surface area contributed by atoms with Crippen LogP contribution in [0.2, 0.25) is 0 Å². The molecule has 0 saturated heterocycles. The first-order valence-electron chi connectivity index (χ1n) is 8.11. The molecule has 1 atom stereocenters. The molecule has 1 amide bonds. The summed E-state index contributed by atoms with van der Waals surface area (Å²) >= 11 is 0. The van der Waals surface area contributed by atoms with Crippen molar-refractivity contribution >= 4 is 11.8 Å². The summed E-state index contributed by atoms with van der Waals surface area (Å²) in [4.78, 5) is 13.9. The first-order valence-corrected chi connectivity index (χ1v) is 8.11. The Labute approximate surface area is 140 Å². The second-order valence-electron chi connectivity index (χ2n) is 7.01. The second kappa shape index (κ2) is 8.20. The molecule has 0 aliphatic carbocycles. The van der Waals surface area contributed by atoms with Crippen molar-refractivity contribution in [1.29, 1.82) is 0 Å². The van der Waals surface area contributed by atoms with Crippen molar-refractivity contribution in [1.82, 2.24) is 5.32 Å².